The van der Waals surface area contributed by atoms with Gasteiger partial charge in [-0.3, -0.25) is 4.84 Å². The third-order valence-electron chi connectivity index (χ3n) is 0.768. The van der Waals surface area contributed by atoms with Gasteiger partial charge in [0, 0.05) is 0 Å². The van der Waals surface area contributed by atoms with E-state index in [0.29, 0.717) is 6.61 Å². The van der Waals surface area contributed by atoms with Gasteiger partial charge < -0.3 is 5.73 Å². The molecule has 0 aromatic heterocycles. The van der Waals surface area contributed by atoms with E-state index in [1.54, 1.807) is 11.8 Å². The second-order valence-electron chi connectivity index (χ2n) is 1.66. The molecule has 0 aliphatic carbocycles. The van der Waals surface area contributed by atoms with E-state index >= 15 is 0 Å². The number of thioether (sulfide) groups is 1. The molecule has 2 amide bonds. The van der Waals surface area contributed by atoms with Crippen LogP contribution in [-0.4, -0.2) is 24.6 Å². The summed E-state index contributed by atoms with van der Waals surface area (Å²) < 4.78 is 0. The molecule has 0 aromatic carbocycles. The molecule has 3 N–H and O–H groups in total. The fourth-order valence-electron chi connectivity index (χ4n) is 0.398. The molecule has 0 bridgehead atoms. The molecule has 0 radical (unpaired) electrons. The Morgan fingerprint density at radius 2 is 2.50 bits per heavy atom. The quantitative estimate of drug-likeness (QED) is 0.455. The summed E-state index contributed by atoms with van der Waals surface area (Å²) in [4.78, 5) is 14.7. The Kier molecular flexibility index (Phi) is 6.42. The summed E-state index contributed by atoms with van der Waals surface area (Å²) in [5.74, 6) is 1.03. The van der Waals surface area contributed by atoms with Crippen molar-refractivity contribution in [2.24, 2.45) is 5.73 Å². The lowest BCUT2D eigenvalue weighted by atomic mass is 10.5. The molecule has 0 aliphatic heterocycles. The minimum Gasteiger partial charge on any atom is -0.350 e. The molecule has 0 saturated carbocycles. The number of hydrogen-bond donors (Lipinski definition) is 2. The van der Waals surface area contributed by atoms with E-state index in [0.717, 1.165) is 12.2 Å². The largest absolute Gasteiger partial charge is 0.350 e. The van der Waals surface area contributed by atoms with Gasteiger partial charge in [-0.2, -0.15) is 11.8 Å². The van der Waals surface area contributed by atoms with Gasteiger partial charge in [0.1, 0.15) is 0 Å². The van der Waals surface area contributed by atoms with Gasteiger partial charge >= 0.3 is 6.03 Å². The molecule has 0 fully saturated rings. The van der Waals surface area contributed by atoms with Crippen LogP contribution in [0.25, 0.3) is 0 Å². The van der Waals surface area contributed by atoms with Crippen molar-refractivity contribution in [1.82, 2.24) is 5.48 Å². The minimum absolute atomic E-state index is 0.518. The van der Waals surface area contributed by atoms with Crippen LogP contribution >= 0.6 is 11.8 Å². The number of nitrogens with two attached hydrogens (primary N) is 1. The number of hydrogen-bond acceptors (Lipinski definition) is 3. The standard InChI is InChI=1S/C5H12N2O2S/c1-10-4-2-3-9-7-5(6)8/h2-4H2,1H3,(H3,6,7,8). The minimum atomic E-state index is -0.649. The van der Waals surface area contributed by atoms with Crippen LogP contribution in [0.15, 0.2) is 0 Å². The smallest absolute Gasteiger partial charge is 0.336 e. The normalized spacial score (nSPS) is 9.30. The fourth-order valence-corrected chi connectivity index (χ4v) is 0.804. The van der Waals surface area contributed by atoms with Gasteiger partial charge in [-0.1, -0.05) is 0 Å². The van der Waals surface area contributed by atoms with Crippen LogP contribution in [0.1, 0.15) is 6.42 Å². The molecule has 0 rings (SSSR count). The molecular weight excluding hydrogens is 152 g/mol. The lowest BCUT2D eigenvalue weighted by Crippen LogP contribution is -2.29. The monoisotopic (exact) mass is 164 g/mol. The molecule has 5 heteroatoms. The molecule has 10 heavy (non-hydrogen) atoms. The number of carbonyl (C=O) groups is 1. The van der Waals surface area contributed by atoms with Gasteiger partial charge in [-0.15, -0.1) is 0 Å². The Labute approximate surface area is 64.4 Å². The van der Waals surface area contributed by atoms with Crippen molar-refractivity contribution in [2.75, 3.05) is 18.6 Å². The van der Waals surface area contributed by atoms with Crippen molar-refractivity contribution in [1.29, 1.82) is 0 Å². The Morgan fingerprint density at radius 3 is 3.00 bits per heavy atom. The predicted molar refractivity (Wildman–Crippen MR) is 41.7 cm³/mol. The van der Waals surface area contributed by atoms with Crippen LogP contribution in [0.3, 0.4) is 0 Å². The highest BCUT2D eigenvalue weighted by Crippen LogP contribution is 1.93. The number of hydroxylamine groups is 1. The topological polar surface area (TPSA) is 64.3 Å². The summed E-state index contributed by atoms with van der Waals surface area (Å²) in [5, 5.41) is 0. The SMILES string of the molecule is CSCCCONC(N)=O. The Hall–Kier alpha value is -0.420. The van der Waals surface area contributed by atoms with Gasteiger partial charge in [0.2, 0.25) is 0 Å². The van der Waals surface area contributed by atoms with E-state index in [2.05, 4.69) is 4.84 Å². The van der Waals surface area contributed by atoms with Crippen LogP contribution < -0.4 is 11.2 Å². The van der Waals surface area contributed by atoms with E-state index in [4.69, 9.17) is 5.73 Å². The van der Waals surface area contributed by atoms with Gasteiger partial charge in [0.05, 0.1) is 6.61 Å². The number of nitrogens with one attached hydrogen (secondary N) is 1. The van der Waals surface area contributed by atoms with E-state index in [1.165, 1.54) is 0 Å². The van der Waals surface area contributed by atoms with Gasteiger partial charge in [-0.25, -0.2) is 10.3 Å². The molecule has 0 unspecified atom stereocenters. The molecule has 0 aromatic rings. The maximum Gasteiger partial charge on any atom is 0.336 e. The molecule has 60 valence electrons. The number of urea groups is 1. The first kappa shape index (κ1) is 9.58. The second-order valence-corrected chi connectivity index (χ2v) is 2.65. The molecular formula is C5H12N2O2S. The lowest BCUT2D eigenvalue weighted by Gasteiger charge is -2.00. The van der Waals surface area contributed by atoms with E-state index in [1.807, 2.05) is 11.7 Å². The predicted octanol–water partition coefficient (Wildman–Crippen LogP) is 0.339. The lowest BCUT2D eigenvalue weighted by molar-refractivity contribution is 0.0654. The highest BCUT2D eigenvalue weighted by Gasteiger charge is 1.89. The first-order valence-electron chi connectivity index (χ1n) is 2.93. The van der Waals surface area contributed by atoms with E-state index in [-0.39, 0.29) is 0 Å². The summed E-state index contributed by atoms with van der Waals surface area (Å²) in [6.45, 7) is 0.518. The van der Waals surface area contributed by atoms with Crippen molar-refractivity contribution in [2.45, 2.75) is 6.42 Å². The molecule has 4 nitrogen and oxygen atoms in total. The highest BCUT2D eigenvalue weighted by atomic mass is 32.2. The van der Waals surface area contributed by atoms with E-state index in [9.17, 15) is 4.79 Å². The van der Waals surface area contributed by atoms with Gasteiger partial charge in [-0.05, 0) is 18.4 Å². The Bertz CT molecular complexity index is 99.6. The summed E-state index contributed by atoms with van der Waals surface area (Å²) >= 11 is 1.74. The van der Waals surface area contributed by atoms with Crippen LogP contribution in [-0.2, 0) is 4.84 Å². The molecule has 0 aliphatic rings. The van der Waals surface area contributed by atoms with Crippen LogP contribution in [0, 0.1) is 0 Å². The van der Waals surface area contributed by atoms with Crippen LogP contribution in [0.5, 0.6) is 0 Å². The zero-order valence-corrected chi connectivity index (χ0v) is 6.74. The average Bonchev–Trinajstić information content (AvgIpc) is 1.87. The summed E-state index contributed by atoms with van der Waals surface area (Å²) in [7, 11) is 0. The molecule has 0 spiro atoms. The maximum absolute atomic E-state index is 10.0. The average molecular weight is 164 g/mol. The molecule has 0 saturated heterocycles. The number of carbonyl (C=O) groups excluding carboxylic acids is 1. The zero-order chi connectivity index (χ0) is 7.82. The van der Waals surface area contributed by atoms with Crippen molar-refractivity contribution < 1.29 is 9.63 Å². The first-order chi connectivity index (χ1) is 4.77. The molecule has 0 heterocycles. The second kappa shape index (κ2) is 6.70. The summed E-state index contributed by atoms with van der Waals surface area (Å²) in [5.41, 5.74) is 6.76. The number of rotatable bonds is 5. The van der Waals surface area contributed by atoms with Crippen molar-refractivity contribution in [3.63, 3.8) is 0 Å². The number of amides is 2. The van der Waals surface area contributed by atoms with E-state index < -0.39 is 6.03 Å². The van der Waals surface area contributed by atoms with Gasteiger partial charge in [0.15, 0.2) is 0 Å². The van der Waals surface area contributed by atoms with Gasteiger partial charge in [0.25, 0.3) is 0 Å². The van der Waals surface area contributed by atoms with Crippen molar-refractivity contribution in [3.05, 3.63) is 0 Å². The van der Waals surface area contributed by atoms with Crippen molar-refractivity contribution >= 4 is 17.8 Å². The fraction of sp³-hybridized carbons (Fsp3) is 0.800. The van der Waals surface area contributed by atoms with Crippen LogP contribution in [0.4, 0.5) is 4.79 Å². The summed E-state index contributed by atoms with van der Waals surface area (Å²) in [6, 6.07) is -0.649. The third kappa shape index (κ3) is 7.58. The highest BCUT2D eigenvalue weighted by molar-refractivity contribution is 7.98. The van der Waals surface area contributed by atoms with Crippen molar-refractivity contribution in [3.8, 4) is 0 Å². The number of primary amides is 1. The maximum atomic E-state index is 10.0. The zero-order valence-electron chi connectivity index (χ0n) is 5.92. The Balaban J connectivity index is 2.84. The third-order valence-corrected chi connectivity index (χ3v) is 1.46. The Morgan fingerprint density at radius 1 is 1.80 bits per heavy atom. The molecule has 0 atom stereocenters. The first-order valence-corrected chi connectivity index (χ1v) is 4.33. The summed E-state index contributed by atoms with van der Waals surface area (Å²) in [6.07, 6.45) is 2.93. The van der Waals surface area contributed by atoms with Crippen LogP contribution in [0.2, 0.25) is 0 Å².